The van der Waals surface area contributed by atoms with E-state index >= 15 is 0 Å². The average molecular weight is 246 g/mol. The van der Waals surface area contributed by atoms with Gasteiger partial charge in [-0.15, -0.1) is 0 Å². The third-order valence-electron chi connectivity index (χ3n) is 2.81. The molecule has 0 aliphatic carbocycles. The molecule has 0 saturated carbocycles. The Labute approximate surface area is 99.0 Å². The molecule has 7 nitrogen and oxygen atoms in total. The first-order valence-corrected chi connectivity index (χ1v) is 5.39. The molecule has 98 valence electrons. The first kappa shape index (κ1) is 13.9. The molecular formula is C10H18N2O5. The molecule has 1 rings (SSSR count). The molecule has 0 spiro atoms. The number of rotatable bonds is 1. The van der Waals surface area contributed by atoms with Crippen molar-refractivity contribution in [2.45, 2.75) is 38.2 Å². The van der Waals surface area contributed by atoms with Crippen molar-refractivity contribution in [3.63, 3.8) is 0 Å². The van der Waals surface area contributed by atoms with Gasteiger partial charge in [-0.3, -0.25) is 9.59 Å². The summed E-state index contributed by atoms with van der Waals surface area (Å²) in [5, 5.41) is 31.4. The van der Waals surface area contributed by atoms with Crippen molar-refractivity contribution in [2.24, 2.45) is 0 Å². The summed E-state index contributed by atoms with van der Waals surface area (Å²) in [6.07, 6.45) is -3.93. The monoisotopic (exact) mass is 246 g/mol. The van der Waals surface area contributed by atoms with Crippen molar-refractivity contribution in [1.82, 2.24) is 10.2 Å². The number of nitrogens with one attached hydrogen (secondary N) is 1. The summed E-state index contributed by atoms with van der Waals surface area (Å²) < 4.78 is 0. The number of likely N-dealkylation sites (tertiary alicyclic amines) is 1. The Kier molecular flexibility index (Phi) is 4.44. The van der Waals surface area contributed by atoms with Gasteiger partial charge in [0.25, 0.3) is 0 Å². The lowest BCUT2D eigenvalue weighted by molar-refractivity contribution is -0.131. The van der Waals surface area contributed by atoms with Crippen LogP contribution in [-0.4, -0.2) is 69.5 Å². The molecular weight excluding hydrogens is 228 g/mol. The zero-order valence-electron chi connectivity index (χ0n) is 9.83. The Morgan fingerprint density at radius 1 is 1.12 bits per heavy atom. The molecule has 0 radical (unpaired) electrons. The molecule has 1 fully saturated rings. The van der Waals surface area contributed by atoms with Crippen molar-refractivity contribution in [3.8, 4) is 0 Å². The lowest BCUT2D eigenvalue weighted by Gasteiger charge is -2.26. The van der Waals surface area contributed by atoms with E-state index < -0.39 is 24.4 Å². The lowest BCUT2D eigenvalue weighted by Crippen LogP contribution is -2.52. The number of β-amino-alcohol motifs (C(OH)–C–C–N with tert-alkyl or cyclic N) is 1. The summed E-state index contributed by atoms with van der Waals surface area (Å²) in [7, 11) is 0. The van der Waals surface area contributed by atoms with Crippen LogP contribution in [0, 0.1) is 0 Å². The maximum absolute atomic E-state index is 11.3. The largest absolute Gasteiger partial charge is 0.388 e. The highest BCUT2D eigenvalue weighted by atomic mass is 16.4. The summed E-state index contributed by atoms with van der Waals surface area (Å²) in [4.78, 5) is 23.5. The van der Waals surface area contributed by atoms with Gasteiger partial charge in [-0.1, -0.05) is 0 Å². The maximum atomic E-state index is 11.3. The van der Waals surface area contributed by atoms with E-state index in [9.17, 15) is 24.9 Å². The fourth-order valence-corrected chi connectivity index (χ4v) is 1.87. The number of amides is 2. The van der Waals surface area contributed by atoms with Crippen molar-refractivity contribution in [1.29, 1.82) is 0 Å². The van der Waals surface area contributed by atoms with E-state index in [0.29, 0.717) is 0 Å². The van der Waals surface area contributed by atoms with E-state index in [1.807, 2.05) is 0 Å². The highest BCUT2D eigenvalue weighted by Gasteiger charge is 2.38. The molecule has 17 heavy (non-hydrogen) atoms. The molecule has 7 heteroatoms. The molecule has 0 aromatic rings. The average Bonchev–Trinajstić information content (AvgIpc) is 2.31. The van der Waals surface area contributed by atoms with Gasteiger partial charge in [0.1, 0.15) is 18.3 Å². The molecule has 2 amide bonds. The summed E-state index contributed by atoms with van der Waals surface area (Å²) >= 11 is 0. The Morgan fingerprint density at radius 2 is 1.71 bits per heavy atom. The second-order valence-corrected chi connectivity index (χ2v) is 4.28. The van der Waals surface area contributed by atoms with Crippen LogP contribution in [0.5, 0.6) is 0 Å². The van der Waals surface area contributed by atoms with Crippen LogP contribution in [0.15, 0.2) is 0 Å². The SMILES string of the molecule is CC(=O)N[C@H]1CN(C(C)=O)C[C@@H](O)[C@@H](O)[C@@H]1O. The van der Waals surface area contributed by atoms with Gasteiger partial charge in [0.05, 0.1) is 6.04 Å². The molecule has 0 aromatic heterocycles. The van der Waals surface area contributed by atoms with E-state index in [4.69, 9.17) is 0 Å². The highest BCUT2D eigenvalue weighted by molar-refractivity contribution is 5.75. The third-order valence-corrected chi connectivity index (χ3v) is 2.81. The van der Waals surface area contributed by atoms with Gasteiger partial charge in [0.2, 0.25) is 11.8 Å². The van der Waals surface area contributed by atoms with Crippen LogP contribution < -0.4 is 5.32 Å². The molecule has 4 atom stereocenters. The van der Waals surface area contributed by atoms with Crippen LogP contribution in [0.1, 0.15) is 13.8 Å². The molecule has 1 aliphatic rings. The van der Waals surface area contributed by atoms with Gasteiger partial charge in [-0.05, 0) is 0 Å². The van der Waals surface area contributed by atoms with E-state index in [0.717, 1.165) is 0 Å². The van der Waals surface area contributed by atoms with Crippen LogP contribution >= 0.6 is 0 Å². The van der Waals surface area contributed by atoms with E-state index in [-0.39, 0.29) is 24.9 Å². The molecule has 1 aliphatic heterocycles. The summed E-state index contributed by atoms with van der Waals surface area (Å²) in [6, 6.07) is -0.788. The van der Waals surface area contributed by atoms with Gasteiger partial charge >= 0.3 is 0 Å². The number of hydrogen-bond acceptors (Lipinski definition) is 5. The summed E-state index contributed by atoms with van der Waals surface area (Å²) in [5.41, 5.74) is 0. The third kappa shape index (κ3) is 3.39. The Balaban J connectivity index is 2.86. The van der Waals surface area contributed by atoms with Crippen molar-refractivity contribution >= 4 is 11.8 Å². The van der Waals surface area contributed by atoms with Gasteiger partial charge in [-0.2, -0.15) is 0 Å². The molecule has 0 aromatic carbocycles. The fraction of sp³-hybridized carbons (Fsp3) is 0.800. The predicted octanol–water partition coefficient (Wildman–Crippen LogP) is -2.56. The van der Waals surface area contributed by atoms with Crippen LogP contribution in [0.4, 0.5) is 0 Å². The minimum atomic E-state index is -1.39. The molecule has 0 bridgehead atoms. The summed E-state index contributed by atoms with van der Waals surface area (Å²) in [6.45, 7) is 2.59. The smallest absolute Gasteiger partial charge is 0.219 e. The van der Waals surface area contributed by atoms with E-state index in [1.165, 1.54) is 18.7 Å². The Bertz CT molecular complexity index is 309. The molecule has 1 heterocycles. The van der Waals surface area contributed by atoms with Gasteiger partial charge in [0.15, 0.2) is 0 Å². The van der Waals surface area contributed by atoms with Gasteiger partial charge in [-0.25, -0.2) is 0 Å². The first-order valence-electron chi connectivity index (χ1n) is 5.39. The van der Waals surface area contributed by atoms with Crippen molar-refractivity contribution in [3.05, 3.63) is 0 Å². The normalized spacial score (nSPS) is 34.1. The van der Waals surface area contributed by atoms with E-state index in [1.54, 1.807) is 0 Å². The van der Waals surface area contributed by atoms with E-state index in [2.05, 4.69) is 5.32 Å². The fourth-order valence-electron chi connectivity index (χ4n) is 1.87. The van der Waals surface area contributed by atoms with Gasteiger partial charge in [0, 0.05) is 26.9 Å². The number of hydrogen-bond donors (Lipinski definition) is 4. The molecule has 4 N–H and O–H groups in total. The standard InChI is InChI=1S/C10H18N2O5/c1-5(13)11-7-3-12(6(2)14)4-8(15)10(17)9(7)16/h7-10,15-17H,3-4H2,1-2H3,(H,11,13)/t7-,8+,9+,10+/m0/s1. The predicted molar refractivity (Wildman–Crippen MR) is 57.9 cm³/mol. The second-order valence-electron chi connectivity index (χ2n) is 4.28. The number of aliphatic hydroxyl groups excluding tert-OH is 3. The zero-order valence-corrected chi connectivity index (χ0v) is 9.83. The second kappa shape index (κ2) is 5.44. The van der Waals surface area contributed by atoms with Gasteiger partial charge < -0.3 is 25.5 Å². The number of nitrogens with zero attached hydrogens (tertiary/aromatic N) is 1. The topological polar surface area (TPSA) is 110 Å². The summed E-state index contributed by atoms with van der Waals surface area (Å²) in [5.74, 6) is -0.665. The van der Waals surface area contributed by atoms with Crippen molar-refractivity contribution in [2.75, 3.05) is 13.1 Å². The Morgan fingerprint density at radius 3 is 2.18 bits per heavy atom. The number of aliphatic hydroxyl groups is 3. The van der Waals surface area contributed by atoms with Crippen molar-refractivity contribution < 1.29 is 24.9 Å². The molecule has 1 saturated heterocycles. The first-order chi connectivity index (χ1) is 7.82. The van der Waals surface area contributed by atoms with Crippen LogP contribution in [-0.2, 0) is 9.59 Å². The van der Waals surface area contributed by atoms with Crippen LogP contribution in [0.3, 0.4) is 0 Å². The quantitative estimate of drug-likeness (QED) is 0.407. The lowest BCUT2D eigenvalue weighted by atomic mass is 10.0. The minimum absolute atomic E-state index is 0.0597. The number of carbonyl (C=O) groups is 2. The minimum Gasteiger partial charge on any atom is -0.388 e. The highest BCUT2D eigenvalue weighted by Crippen LogP contribution is 2.13. The number of carbonyl (C=O) groups excluding carboxylic acids is 2. The maximum Gasteiger partial charge on any atom is 0.219 e. The Hall–Kier alpha value is -1.18. The molecule has 0 unspecified atom stereocenters. The van der Waals surface area contributed by atoms with Crippen LogP contribution in [0.25, 0.3) is 0 Å². The zero-order chi connectivity index (χ0) is 13.2. The van der Waals surface area contributed by atoms with Crippen LogP contribution in [0.2, 0.25) is 0 Å².